The standard InChI is InChI=1S/C7H13N3O/c8-7(11)6-5-9-1-3-10(6)4-2-9/h6H,1-5H2,(H2,8,11). The zero-order valence-electron chi connectivity index (χ0n) is 6.49. The van der Waals surface area contributed by atoms with Crippen LogP contribution >= 0.6 is 0 Å². The molecule has 0 aromatic heterocycles. The predicted molar refractivity (Wildman–Crippen MR) is 41.0 cm³/mol. The Morgan fingerprint density at radius 1 is 1.27 bits per heavy atom. The molecule has 1 unspecified atom stereocenters. The Hall–Kier alpha value is -0.610. The fourth-order valence-electron chi connectivity index (χ4n) is 1.89. The van der Waals surface area contributed by atoms with Crippen molar-refractivity contribution in [2.45, 2.75) is 6.04 Å². The number of hydrogen-bond donors (Lipinski definition) is 1. The van der Waals surface area contributed by atoms with E-state index in [1.165, 1.54) is 0 Å². The number of nitrogens with two attached hydrogens (primary N) is 1. The molecule has 3 aliphatic heterocycles. The van der Waals surface area contributed by atoms with E-state index in [0.717, 1.165) is 32.7 Å². The first-order chi connectivity index (χ1) is 5.27. The fraction of sp³-hybridized carbons (Fsp3) is 0.857. The molecule has 0 aromatic carbocycles. The fourth-order valence-corrected chi connectivity index (χ4v) is 1.89. The number of amides is 1. The quantitative estimate of drug-likeness (QED) is 0.500. The maximum Gasteiger partial charge on any atom is 0.236 e. The summed E-state index contributed by atoms with van der Waals surface area (Å²) in [7, 11) is 0. The van der Waals surface area contributed by atoms with Gasteiger partial charge >= 0.3 is 0 Å². The van der Waals surface area contributed by atoms with Crippen LogP contribution in [0.25, 0.3) is 0 Å². The molecule has 1 atom stereocenters. The van der Waals surface area contributed by atoms with Gasteiger partial charge in [-0.05, 0) is 0 Å². The molecule has 3 saturated heterocycles. The van der Waals surface area contributed by atoms with Crippen molar-refractivity contribution in [3.05, 3.63) is 0 Å². The average Bonchev–Trinajstić information content (AvgIpc) is 2.06. The van der Waals surface area contributed by atoms with E-state index in [2.05, 4.69) is 9.80 Å². The van der Waals surface area contributed by atoms with E-state index in [1.54, 1.807) is 0 Å². The van der Waals surface area contributed by atoms with Crippen LogP contribution < -0.4 is 5.73 Å². The van der Waals surface area contributed by atoms with E-state index in [0.29, 0.717) is 0 Å². The predicted octanol–water partition coefficient (Wildman–Crippen LogP) is -1.53. The van der Waals surface area contributed by atoms with Crippen LogP contribution in [0.15, 0.2) is 0 Å². The molecule has 0 aliphatic carbocycles. The number of carbonyl (C=O) groups excluding carboxylic acids is 1. The minimum Gasteiger partial charge on any atom is -0.368 e. The van der Waals surface area contributed by atoms with Crippen molar-refractivity contribution in [1.29, 1.82) is 0 Å². The van der Waals surface area contributed by atoms with Crippen LogP contribution in [0.3, 0.4) is 0 Å². The lowest BCUT2D eigenvalue weighted by Gasteiger charge is -2.45. The number of rotatable bonds is 1. The van der Waals surface area contributed by atoms with Crippen molar-refractivity contribution < 1.29 is 4.79 Å². The normalized spacial score (nSPS) is 42.4. The Morgan fingerprint density at radius 3 is 2.18 bits per heavy atom. The second kappa shape index (κ2) is 2.46. The summed E-state index contributed by atoms with van der Waals surface area (Å²) in [4.78, 5) is 15.4. The number of nitrogens with zero attached hydrogens (tertiary/aromatic N) is 2. The first-order valence-corrected chi connectivity index (χ1v) is 4.03. The molecule has 0 radical (unpaired) electrons. The van der Waals surface area contributed by atoms with Crippen LogP contribution in [0.4, 0.5) is 0 Å². The van der Waals surface area contributed by atoms with Gasteiger partial charge in [0.2, 0.25) is 5.91 Å². The molecule has 0 aromatic rings. The maximum atomic E-state index is 10.9. The van der Waals surface area contributed by atoms with Gasteiger partial charge in [-0.3, -0.25) is 14.6 Å². The minimum atomic E-state index is -0.172. The second-order valence-corrected chi connectivity index (χ2v) is 3.25. The summed E-state index contributed by atoms with van der Waals surface area (Å²) in [5, 5.41) is 0. The van der Waals surface area contributed by atoms with Crippen molar-refractivity contribution in [1.82, 2.24) is 9.80 Å². The molecule has 3 aliphatic rings. The monoisotopic (exact) mass is 155 g/mol. The van der Waals surface area contributed by atoms with Gasteiger partial charge in [-0.1, -0.05) is 0 Å². The molecule has 0 saturated carbocycles. The van der Waals surface area contributed by atoms with Crippen LogP contribution in [0.2, 0.25) is 0 Å². The lowest BCUT2D eigenvalue weighted by molar-refractivity contribution is -0.128. The van der Waals surface area contributed by atoms with Gasteiger partial charge in [0, 0.05) is 32.7 Å². The molecular formula is C7H13N3O. The highest BCUT2D eigenvalue weighted by Gasteiger charge is 2.34. The van der Waals surface area contributed by atoms with Crippen LogP contribution in [-0.4, -0.2) is 54.5 Å². The van der Waals surface area contributed by atoms with E-state index < -0.39 is 0 Å². The van der Waals surface area contributed by atoms with Gasteiger partial charge in [0.25, 0.3) is 0 Å². The van der Waals surface area contributed by atoms with Crippen LogP contribution in [0.5, 0.6) is 0 Å². The van der Waals surface area contributed by atoms with E-state index in [9.17, 15) is 4.79 Å². The van der Waals surface area contributed by atoms with Gasteiger partial charge in [0.1, 0.15) is 6.04 Å². The second-order valence-electron chi connectivity index (χ2n) is 3.25. The maximum absolute atomic E-state index is 10.9. The molecular weight excluding hydrogens is 142 g/mol. The third-order valence-corrected chi connectivity index (χ3v) is 2.61. The summed E-state index contributed by atoms with van der Waals surface area (Å²) in [6.07, 6.45) is 0. The van der Waals surface area contributed by atoms with E-state index in [4.69, 9.17) is 5.73 Å². The summed E-state index contributed by atoms with van der Waals surface area (Å²) < 4.78 is 0. The van der Waals surface area contributed by atoms with Crippen molar-refractivity contribution in [2.24, 2.45) is 5.73 Å². The van der Waals surface area contributed by atoms with Gasteiger partial charge in [0.15, 0.2) is 0 Å². The third-order valence-electron chi connectivity index (χ3n) is 2.61. The van der Waals surface area contributed by atoms with Crippen molar-refractivity contribution in [3.63, 3.8) is 0 Å². The van der Waals surface area contributed by atoms with Gasteiger partial charge in [-0.15, -0.1) is 0 Å². The average molecular weight is 155 g/mol. The minimum absolute atomic E-state index is 0.0162. The Morgan fingerprint density at radius 2 is 1.91 bits per heavy atom. The highest BCUT2D eigenvalue weighted by molar-refractivity contribution is 5.80. The summed E-state index contributed by atoms with van der Waals surface area (Å²) in [6, 6.07) is -0.0162. The first-order valence-electron chi connectivity index (χ1n) is 4.03. The van der Waals surface area contributed by atoms with Gasteiger partial charge in [-0.25, -0.2) is 0 Å². The SMILES string of the molecule is NC(=O)C1CN2CCN1CC2. The van der Waals surface area contributed by atoms with Gasteiger partial charge in [-0.2, -0.15) is 0 Å². The van der Waals surface area contributed by atoms with Crippen LogP contribution in [0.1, 0.15) is 0 Å². The number of piperazine rings is 3. The Balaban J connectivity index is 2.08. The number of primary amides is 1. The number of carbonyl (C=O) groups is 1. The summed E-state index contributed by atoms with van der Waals surface area (Å²) >= 11 is 0. The molecule has 3 heterocycles. The third kappa shape index (κ3) is 1.12. The van der Waals surface area contributed by atoms with E-state index in [-0.39, 0.29) is 11.9 Å². The largest absolute Gasteiger partial charge is 0.368 e. The number of hydrogen-bond acceptors (Lipinski definition) is 3. The summed E-state index contributed by atoms with van der Waals surface area (Å²) in [6.45, 7) is 5.06. The van der Waals surface area contributed by atoms with Crippen molar-refractivity contribution >= 4 is 5.91 Å². The molecule has 3 rings (SSSR count). The van der Waals surface area contributed by atoms with E-state index in [1.807, 2.05) is 0 Å². The zero-order valence-corrected chi connectivity index (χ0v) is 6.49. The molecule has 3 fully saturated rings. The van der Waals surface area contributed by atoms with E-state index >= 15 is 0 Å². The molecule has 4 heteroatoms. The summed E-state index contributed by atoms with van der Waals surface area (Å²) in [5.41, 5.74) is 5.25. The molecule has 0 spiro atoms. The Bertz CT molecular complexity index is 175. The smallest absolute Gasteiger partial charge is 0.236 e. The lowest BCUT2D eigenvalue weighted by Crippen LogP contribution is -2.64. The molecule has 4 nitrogen and oxygen atoms in total. The number of fused-ring (bicyclic) bond motifs is 3. The topological polar surface area (TPSA) is 49.6 Å². The molecule has 2 bridgehead atoms. The van der Waals surface area contributed by atoms with Gasteiger partial charge in [0.05, 0.1) is 0 Å². The first kappa shape index (κ1) is 7.06. The molecule has 11 heavy (non-hydrogen) atoms. The zero-order chi connectivity index (χ0) is 7.84. The Labute approximate surface area is 65.9 Å². The highest BCUT2D eigenvalue weighted by atomic mass is 16.1. The highest BCUT2D eigenvalue weighted by Crippen LogP contribution is 2.14. The van der Waals surface area contributed by atoms with Crippen LogP contribution in [-0.2, 0) is 4.79 Å². The van der Waals surface area contributed by atoms with Crippen molar-refractivity contribution in [3.8, 4) is 0 Å². The lowest BCUT2D eigenvalue weighted by atomic mass is 10.1. The van der Waals surface area contributed by atoms with Crippen molar-refractivity contribution in [2.75, 3.05) is 32.7 Å². The van der Waals surface area contributed by atoms with Gasteiger partial charge < -0.3 is 5.73 Å². The van der Waals surface area contributed by atoms with Crippen LogP contribution in [0, 0.1) is 0 Å². The Kier molecular flexibility index (Phi) is 1.58. The summed E-state index contributed by atoms with van der Waals surface area (Å²) in [5.74, 6) is -0.172. The molecule has 62 valence electrons. The molecule has 1 amide bonds. The molecule has 2 N–H and O–H groups in total.